The molecule has 0 aromatic carbocycles. The van der Waals surface area contributed by atoms with E-state index in [0.29, 0.717) is 0 Å². The Bertz CT molecular complexity index is 198. The molecule has 12 heavy (non-hydrogen) atoms. The molecule has 2 aliphatic rings. The van der Waals surface area contributed by atoms with E-state index in [-0.39, 0.29) is 11.6 Å². The zero-order chi connectivity index (χ0) is 8.60. The van der Waals surface area contributed by atoms with Crippen LogP contribution >= 0.6 is 0 Å². The number of amides is 2. The maximum Gasteiger partial charge on any atom is 0.317 e. The second kappa shape index (κ2) is 2.62. The van der Waals surface area contributed by atoms with Gasteiger partial charge in [0.25, 0.3) is 0 Å². The van der Waals surface area contributed by atoms with Crippen LogP contribution in [0.1, 0.15) is 12.8 Å². The second-order valence-electron chi connectivity index (χ2n) is 3.72. The SMILES string of the molecule is CN1C(=O)NCC12CCCNC2. The molecule has 1 atom stereocenters. The van der Waals surface area contributed by atoms with Crippen LogP contribution in [-0.4, -0.2) is 43.2 Å². The highest BCUT2D eigenvalue weighted by atomic mass is 16.2. The van der Waals surface area contributed by atoms with E-state index in [2.05, 4.69) is 10.6 Å². The summed E-state index contributed by atoms with van der Waals surface area (Å²) in [6.45, 7) is 2.82. The average Bonchev–Trinajstić information content (AvgIpc) is 2.37. The summed E-state index contributed by atoms with van der Waals surface area (Å²) < 4.78 is 0. The number of carbonyl (C=O) groups is 1. The van der Waals surface area contributed by atoms with E-state index in [9.17, 15) is 4.79 Å². The van der Waals surface area contributed by atoms with E-state index in [0.717, 1.165) is 26.1 Å². The number of hydrogen-bond donors (Lipinski definition) is 2. The van der Waals surface area contributed by atoms with Gasteiger partial charge in [0.05, 0.1) is 5.54 Å². The molecule has 2 fully saturated rings. The summed E-state index contributed by atoms with van der Waals surface area (Å²) in [5.41, 5.74) is 0.0648. The van der Waals surface area contributed by atoms with Crippen LogP contribution in [0.25, 0.3) is 0 Å². The molecule has 0 bridgehead atoms. The molecule has 2 aliphatic heterocycles. The number of nitrogens with zero attached hydrogens (tertiary/aromatic N) is 1. The van der Waals surface area contributed by atoms with Crippen LogP contribution in [0.3, 0.4) is 0 Å². The third-order valence-electron chi connectivity index (χ3n) is 3.03. The molecule has 2 amide bonds. The van der Waals surface area contributed by atoms with Crippen LogP contribution in [0, 0.1) is 0 Å². The Labute approximate surface area is 72.3 Å². The van der Waals surface area contributed by atoms with Crippen LogP contribution in [0.15, 0.2) is 0 Å². The molecule has 2 N–H and O–H groups in total. The fourth-order valence-electron chi connectivity index (χ4n) is 2.08. The number of hydrogen-bond acceptors (Lipinski definition) is 2. The Hall–Kier alpha value is -0.770. The Balaban J connectivity index is 2.14. The van der Waals surface area contributed by atoms with Crippen molar-refractivity contribution < 1.29 is 4.79 Å². The molecule has 4 heteroatoms. The lowest BCUT2D eigenvalue weighted by atomic mass is 9.90. The van der Waals surface area contributed by atoms with Crippen molar-refractivity contribution in [2.24, 2.45) is 0 Å². The monoisotopic (exact) mass is 169 g/mol. The van der Waals surface area contributed by atoms with Crippen molar-refractivity contribution in [3.8, 4) is 0 Å². The summed E-state index contributed by atoms with van der Waals surface area (Å²) in [6, 6.07) is 0.0682. The van der Waals surface area contributed by atoms with Gasteiger partial charge in [-0.3, -0.25) is 0 Å². The van der Waals surface area contributed by atoms with Gasteiger partial charge < -0.3 is 15.5 Å². The first kappa shape index (κ1) is 7.86. The van der Waals surface area contributed by atoms with Crippen molar-refractivity contribution in [2.45, 2.75) is 18.4 Å². The lowest BCUT2D eigenvalue weighted by molar-refractivity contribution is 0.152. The van der Waals surface area contributed by atoms with Gasteiger partial charge in [-0.15, -0.1) is 0 Å². The van der Waals surface area contributed by atoms with E-state index in [1.54, 1.807) is 0 Å². The van der Waals surface area contributed by atoms with E-state index in [1.165, 1.54) is 6.42 Å². The van der Waals surface area contributed by atoms with Crippen molar-refractivity contribution in [1.82, 2.24) is 15.5 Å². The summed E-state index contributed by atoms with van der Waals surface area (Å²) >= 11 is 0. The van der Waals surface area contributed by atoms with Crippen LogP contribution in [0.2, 0.25) is 0 Å². The third-order valence-corrected chi connectivity index (χ3v) is 3.03. The van der Waals surface area contributed by atoms with Crippen molar-refractivity contribution >= 4 is 6.03 Å². The van der Waals surface area contributed by atoms with E-state index >= 15 is 0 Å². The molecular weight excluding hydrogens is 154 g/mol. The first-order chi connectivity index (χ1) is 5.75. The Morgan fingerprint density at radius 2 is 2.33 bits per heavy atom. The largest absolute Gasteiger partial charge is 0.336 e. The first-order valence-corrected chi connectivity index (χ1v) is 4.47. The lowest BCUT2D eigenvalue weighted by Crippen LogP contribution is -2.55. The summed E-state index contributed by atoms with van der Waals surface area (Å²) in [5.74, 6) is 0. The number of likely N-dealkylation sites (N-methyl/N-ethyl adjacent to an activating group) is 1. The molecule has 0 aliphatic carbocycles. The van der Waals surface area contributed by atoms with Crippen molar-refractivity contribution in [3.63, 3.8) is 0 Å². The highest BCUT2D eigenvalue weighted by molar-refractivity contribution is 5.77. The molecule has 0 aromatic heterocycles. The summed E-state index contributed by atoms with van der Waals surface area (Å²) in [5, 5.41) is 6.21. The number of urea groups is 1. The molecule has 2 rings (SSSR count). The average molecular weight is 169 g/mol. The number of carbonyl (C=O) groups excluding carboxylic acids is 1. The quantitative estimate of drug-likeness (QED) is 0.526. The van der Waals surface area contributed by atoms with E-state index in [4.69, 9.17) is 0 Å². The zero-order valence-corrected chi connectivity index (χ0v) is 7.39. The van der Waals surface area contributed by atoms with Gasteiger partial charge in [-0.05, 0) is 19.4 Å². The molecule has 2 saturated heterocycles. The summed E-state index contributed by atoms with van der Waals surface area (Å²) in [4.78, 5) is 13.1. The maximum absolute atomic E-state index is 11.2. The normalized spacial score (nSPS) is 35.8. The Morgan fingerprint density at radius 3 is 2.83 bits per heavy atom. The zero-order valence-electron chi connectivity index (χ0n) is 7.39. The van der Waals surface area contributed by atoms with Crippen LogP contribution in [0.5, 0.6) is 0 Å². The molecule has 0 saturated carbocycles. The Morgan fingerprint density at radius 1 is 1.50 bits per heavy atom. The summed E-state index contributed by atoms with van der Waals surface area (Å²) in [6.07, 6.45) is 2.29. The predicted octanol–water partition coefficient (Wildman–Crippen LogP) is -0.236. The van der Waals surface area contributed by atoms with Gasteiger partial charge in [0.2, 0.25) is 0 Å². The molecule has 4 nitrogen and oxygen atoms in total. The lowest BCUT2D eigenvalue weighted by Gasteiger charge is -2.38. The third kappa shape index (κ3) is 0.982. The molecular formula is C8H15N3O. The highest BCUT2D eigenvalue weighted by Gasteiger charge is 2.43. The maximum atomic E-state index is 11.2. The minimum absolute atomic E-state index is 0.0648. The van der Waals surface area contributed by atoms with Gasteiger partial charge >= 0.3 is 6.03 Å². The van der Waals surface area contributed by atoms with Gasteiger partial charge in [0, 0.05) is 20.1 Å². The smallest absolute Gasteiger partial charge is 0.317 e. The standard InChI is InChI=1S/C8H15N3O/c1-11-7(12)10-6-8(11)3-2-4-9-5-8/h9H,2-6H2,1H3,(H,10,12). The van der Waals surface area contributed by atoms with Crippen LogP contribution in [-0.2, 0) is 0 Å². The molecule has 0 radical (unpaired) electrons. The van der Waals surface area contributed by atoms with Crippen molar-refractivity contribution in [3.05, 3.63) is 0 Å². The fourth-order valence-corrected chi connectivity index (χ4v) is 2.08. The van der Waals surface area contributed by atoms with Gasteiger partial charge in [0.1, 0.15) is 0 Å². The molecule has 0 aromatic rings. The van der Waals surface area contributed by atoms with Gasteiger partial charge in [0.15, 0.2) is 0 Å². The predicted molar refractivity (Wildman–Crippen MR) is 46.0 cm³/mol. The molecule has 68 valence electrons. The van der Waals surface area contributed by atoms with Crippen molar-refractivity contribution in [2.75, 3.05) is 26.7 Å². The van der Waals surface area contributed by atoms with E-state index in [1.807, 2.05) is 11.9 Å². The van der Waals surface area contributed by atoms with Crippen LogP contribution < -0.4 is 10.6 Å². The number of rotatable bonds is 0. The van der Waals surface area contributed by atoms with Crippen LogP contribution in [0.4, 0.5) is 4.79 Å². The van der Waals surface area contributed by atoms with Gasteiger partial charge in [-0.25, -0.2) is 4.79 Å². The molecule has 1 spiro atoms. The molecule has 1 unspecified atom stereocenters. The van der Waals surface area contributed by atoms with E-state index < -0.39 is 0 Å². The minimum atomic E-state index is 0.0648. The second-order valence-corrected chi connectivity index (χ2v) is 3.72. The fraction of sp³-hybridized carbons (Fsp3) is 0.875. The first-order valence-electron chi connectivity index (χ1n) is 4.47. The minimum Gasteiger partial charge on any atom is -0.336 e. The topological polar surface area (TPSA) is 44.4 Å². The molecule has 2 heterocycles. The number of nitrogens with one attached hydrogen (secondary N) is 2. The van der Waals surface area contributed by atoms with Gasteiger partial charge in [-0.2, -0.15) is 0 Å². The van der Waals surface area contributed by atoms with Gasteiger partial charge in [-0.1, -0.05) is 0 Å². The van der Waals surface area contributed by atoms with Crippen molar-refractivity contribution in [1.29, 1.82) is 0 Å². The summed E-state index contributed by atoms with van der Waals surface area (Å²) in [7, 11) is 1.88. The Kier molecular flexibility index (Phi) is 1.72. The highest BCUT2D eigenvalue weighted by Crippen LogP contribution is 2.25. The number of piperidine rings is 1.